The number of carbonyl (C=O) groups excluding carboxylic acids is 1. The fourth-order valence-electron chi connectivity index (χ4n) is 2.47. The van der Waals surface area contributed by atoms with Crippen molar-refractivity contribution in [3.05, 3.63) is 68.4 Å². The van der Waals surface area contributed by atoms with Gasteiger partial charge in [-0.2, -0.15) is 5.10 Å². The van der Waals surface area contributed by atoms with Gasteiger partial charge < -0.3 is 5.32 Å². The van der Waals surface area contributed by atoms with Gasteiger partial charge in [-0.05, 0) is 49.7 Å². The standard InChI is InChI=1S/C18H17ClFN3OS/c1-3-14-8-9-15(25-14)10-21-18(24)16-11(2)22-23(17(16)19)13-6-4-12(20)5-7-13/h4-9H,3,10H2,1-2H3,(H,21,24). The van der Waals surface area contributed by atoms with E-state index in [1.54, 1.807) is 30.4 Å². The van der Waals surface area contributed by atoms with E-state index in [0.29, 0.717) is 23.5 Å². The molecule has 0 aliphatic heterocycles. The van der Waals surface area contributed by atoms with Crippen molar-refractivity contribution in [2.24, 2.45) is 0 Å². The summed E-state index contributed by atoms with van der Waals surface area (Å²) in [6, 6.07) is 9.85. The predicted molar refractivity (Wildman–Crippen MR) is 98.1 cm³/mol. The van der Waals surface area contributed by atoms with Crippen molar-refractivity contribution < 1.29 is 9.18 Å². The third-order valence-electron chi connectivity index (χ3n) is 3.79. The molecule has 1 aromatic carbocycles. The molecule has 4 nitrogen and oxygen atoms in total. The van der Waals surface area contributed by atoms with Crippen LogP contribution in [0, 0.1) is 12.7 Å². The van der Waals surface area contributed by atoms with E-state index in [4.69, 9.17) is 11.6 Å². The van der Waals surface area contributed by atoms with Crippen LogP contribution < -0.4 is 5.32 Å². The van der Waals surface area contributed by atoms with Crippen LogP contribution in [0.1, 0.15) is 32.7 Å². The Morgan fingerprint density at radius 2 is 1.92 bits per heavy atom. The number of hydrogen-bond donors (Lipinski definition) is 1. The lowest BCUT2D eigenvalue weighted by Crippen LogP contribution is -2.23. The predicted octanol–water partition coefficient (Wildman–Crippen LogP) is 4.53. The molecule has 0 spiro atoms. The van der Waals surface area contributed by atoms with Crippen molar-refractivity contribution in [1.82, 2.24) is 15.1 Å². The van der Waals surface area contributed by atoms with Crippen molar-refractivity contribution in [1.29, 1.82) is 0 Å². The van der Waals surface area contributed by atoms with Crippen LogP contribution in [-0.4, -0.2) is 15.7 Å². The van der Waals surface area contributed by atoms with Gasteiger partial charge in [0.2, 0.25) is 0 Å². The molecule has 1 amide bonds. The van der Waals surface area contributed by atoms with E-state index in [1.165, 1.54) is 21.7 Å². The van der Waals surface area contributed by atoms with E-state index in [9.17, 15) is 9.18 Å². The van der Waals surface area contributed by atoms with Gasteiger partial charge in [0.1, 0.15) is 11.0 Å². The number of aryl methyl sites for hydroxylation is 2. The Bertz CT molecular complexity index is 902. The molecule has 1 N–H and O–H groups in total. The quantitative estimate of drug-likeness (QED) is 0.710. The lowest BCUT2D eigenvalue weighted by atomic mass is 10.2. The molecule has 0 fully saturated rings. The Morgan fingerprint density at radius 1 is 1.24 bits per heavy atom. The molecule has 25 heavy (non-hydrogen) atoms. The van der Waals surface area contributed by atoms with Crippen molar-refractivity contribution in [3.8, 4) is 5.69 Å². The zero-order valence-corrected chi connectivity index (χ0v) is 15.4. The second kappa shape index (κ2) is 7.37. The van der Waals surface area contributed by atoms with E-state index in [0.717, 1.165) is 11.3 Å². The summed E-state index contributed by atoms with van der Waals surface area (Å²) in [7, 11) is 0. The maximum absolute atomic E-state index is 13.1. The molecule has 3 rings (SSSR count). The fraction of sp³-hybridized carbons (Fsp3) is 0.222. The van der Waals surface area contributed by atoms with Crippen LogP contribution in [-0.2, 0) is 13.0 Å². The highest BCUT2D eigenvalue weighted by Crippen LogP contribution is 2.24. The topological polar surface area (TPSA) is 46.9 Å². The molecule has 0 bridgehead atoms. The Balaban J connectivity index is 1.79. The van der Waals surface area contributed by atoms with Crippen LogP contribution in [0.3, 0.4) is 0 Å². The van der Waals surface area contributed by atoms with Gasteiger partial charge in [-0.1, -0.05) is 18.5 Å². The first kappa shape index (κ1) is 17.6. The first-order valence-electron chi connectivity index (χ1n) is 7.86. The summed E-state index contributed by atoms with van der Waals surface area (Å²) in [5, 5.41) is 7.40. The Labute approximate surface area is 154 Å². The van der Waals surface area contributed by atoms with E-state index in [-0.39, 0.29) is 16.9 Å². The summed E-state index contributed by atoms with van der Waals surface area (Å²) < 4.78 is 14.5. The maximum Gasteiger partial charge on any atom is 0.256 e. The normalized spacial score (nSPS) is 10.9. The van der Waals surface area contributed by atoms with E-state index in [1.807, 2.05) is 6.07 Å². The average Bonchev–Trinajstić information content (AvgIpc) is 3.18. The third kappa shape index (κ3) is 3.75. The number of carbonyl (C=O) groups is 1. The number of hydrogen-bond acceptors (Lipinski definition) is 3. The largest absolute Gasteiger partial charge is 0.347 e. The molecule has 2 heterocycles. The monoisotopic (exact) mass is 377 g/mol. The number of amides is 1. The molecular formula is C18H17ClFN3OS. The number of nitrogens with one attached hydrogen (secondary N) is 1. The number of aromatic nitrogens is 2. The highest BCUT2D eigenvalue weighted by molar-refractivity contribution is 7.11. The van der Waals surface area contributed by atoms with Crippen LogP contribution in [0.15, 0.2) is 36.4 Å². The van der Waals surface area contributed by atoms with Crippen LogP contribution >= 0.6 is 22.9 Å². The molecule has 0 saturated heterocycles. The molecule has 130 valence electrons. The Morgan fingerprint density at radius 3 is 2.56 bits per heavy atom. The molecular weight excluding hydrogens is 361 g/mol. The van der Waals surface area contributed by atoms with E-state index < -0.39 is 0 Å². The highest BCUT2D eigenvalue weighted by Gasteiger charge is 2.21. The molecule has 0 atom stereocenters. The number of halogens is 2. The van der Waals surface area contributed by atoms with Gasteiger partial charge in [0, 0.05) is 9.75 Å². The summed E-state index contributed by atoms with van der Waals surface area (Å²) in [6.45, 7) is 4.27. The fourth-order valence-corrected chi connectivity index (χ4v) is 3.73. The van der Waals surface area contributed by atoms with Crippen molar-refractivity contribution in [2.45, 2.75) is 26.8 Å². The van der Waals surface area contributed by atoms with Crippen LogP contribution in [0.5, 0.6) is 0 Å². The molecule has 0 radical (unpaired) electrons. The van der Waals surface area contributed by atoms with E-state index in [2.05, 4.69) is 23.4 Å². The third-order valence-corrected chi connectivity index (χ3v) is 5.37. The summed E-state index contributed by atoms with van der Waals surface area (Å²) in [6.07, 6.45) is 0.980. The Kier molecular flexibility index (Phi) is 5.20. The smallest absolute Gasteiger partial charge is 0.256 e. The van der Waals surface area contributed by atoms with Gasteiger partial charge >= 0.3 is 0 Å². The second-order valence-corrected chi connectivity index (χ2v) is 7.15. The van der Waals surface area contributed by atoms with Gasteiger partial charge in [-0.25, -0.2) is 9.07 Å². The summed E-state index contributed by atoms with van der Waals surface area (Å²) in [4.78, 5) is 14.9. The molecule has 0 unspecified atom stereocenters. The summed E-state index contributed by atoms with van der Waals surface area (Å²) in [5.74, 6) is -0.619. The Hall–Kier alpha value is -2.18. The van der Waals surface area contributed by atoms with Crippen LogP contribution in [0.4, 0.5) is 4.39 Å². The molecule has 0 saturated carbocycles. The average molecular weight is 378 g/mol. The van der Waals surface area contributed by atoms with Crippen molar-refractivity contribution >= 4 is 28.8 Å². The number of rotatable bonds is 5. The molecule has 0 aliphatic rings. The highest BCUT2D eigenvalue weighted by atomic mass is 35.5. The van der Waals surface area contributed by atoms with Crippen LogP contribution in [0.25, 0.3) is 5.69 Å². The zero-order chi connectivity index (χ0) is 18.0. The summed E-state index contributed by atoms with van der Waals surface area (Å²) >= 11 is 8.03. The summed E-state index contributed by atoms with van der Waals surface area (Å²) in [5.41, 5.74) is 1.45. The van der Waals surface area contributed by atoms with Gasteiger partial charge in [0.15, 0.2) is 0 Å². The first-order chi connectivity index (χ1) is 12.0. The van der Waals surface area contributed by atoms with Gasteiger partial charge in [0.05, 0.1) is 23.5 Å². The van der Waals surface area contributed by atoms with Gasteiger partial charge in [0.25, 0.3) is 5.91 Å². The maximum atomic E-state index is 13.1. The SMILES string of the molecule is CCc1ccc(CNC(=O)c2c(C)nn(-c3ccc(F)cc3)c2Cl)s1. The molecule has 3 aromatic rings. The molecule has 2 aromatic heterocycles. The minimum Gasteiger partial charge on any atom is -0.347 e. The molecule has 7 heteroatoms. The van der Waals surface area contributed by atoms with Crippen molar-refractivity contribution in [3.63, 3.8) is 0 Å². The van der Waals surface area contributed by atoms with Gasteiger partial charge in [-0.15, -0.1) is 11.3 Å². The van der Waals surface area contributed by atoms with Crippen LogP contribution in [0.2, 0.25) is 5.15 Å². The van der Waals surface area contributed by atoms with Gasteiger partial charge in [-0.3, -0.25) is 4.79 Å². The number of thiophene rings is 1. The zero-order valence-electron chi connectivity index (χ0n) is 13.8. The second-order valence-electron chi connectivity index (χ2n) is 5.54. The van der Waals surface area contributed by atoms with E-state index >= 15 is 0 Å². The minimum atomic E-state index is -0.343. The first-order valence-corrected chi connectivity index (χ1v) is 9.06. The molecule has 0 aliphatic carbocycles. The lowest BCUT2D eigenvalue weighted by Gasteiger charge is -2.05. The number of nitrogens with zero attached hydrogens (tertiary/aromatic N) is 2. The lowest BCUT2D eigenvalue weighted by molar-refractivity contribution is 0.0951. The minimum absolute atomic E-state index is 0.210. The number of benzene rings is 1. The van der Waals surface area contributed by atoms with Crippen molar-refractivity contribution in [2.75, 3.05) is 0 Å².